The fraction of sp³-hybridized carbons (Fsp3) is 0.263. The van der Waals surface area contributed by atoms with Crippen LogP contribution in [0.5, 0.6) is 5.75 Å². The van der Waals surface area contributed by atoms with E-state index < -0.39 is 23.6 Å². The highest BCUT2D eigenvalue weighted by atomic mass is 19.4. The average molecular weight is 381 g/mol. The number of anilines is 1. The Bertz CT molecular complexity index is 788. The number of alkyl halides is 3. The van der Waals surface area contributed by atoms with Crippen LogP contribution in [-0.4, -0.2) is 25.1 Å². The summed E-state index contributed by atoms with van der Waals surface area (Å²) < 4.78 is 48.2. The van der Waals surface area contributed by atoms with Crippen molar-refractivity contribution < 1.29 is 32.2 Å². The van der Waals surface area contributed by atoms with Gasteiger partial charge in [-0.15, -0.1) is 0 Å². The van der Waals surface area contributed by atoms with Crippen molar-refractivity contribution in [2.24, 2.45) is 0 Å². The molecule has 2 aromatic carbocycles. The second-order valence-electron chi connectivity index (χ2n) is 5.57. The van der Waals surface area contributed by atoms with Gasteiger partial charge < -0.3 is 14.8 Å². The molecule has 0 bridgehead atoms. The van der Waals surface area contributed by atoms with Crippen molar-refractivity contribution >= 4 is 17.6 Å². The van der Waals surface area contributed by atoms with Gasteiger partial charge in [0.2, 0.25) is 0 Å². The lowest BCUT2D eigenvalue weighted by Crippen LogP contribution is -2.15. The molecule has 0 aliphatic rings. The van der Waals surface area contributed by atoms with Crippen molar-refractivity contribution in [2.45, 2.75) is 19.5 Å². The Kier molecular flexibility index (Phi) is 6.81. The molecule has 0 unspecified atom stereocenters. The van der Waals surface area contributed by atoms with E-state index in [2.05, 4.69) is 5.32 Å². The van der Waals surface area contributed by atoms with Gasteiger partial charge in [0.1, 0.15) is 5.75 Å². The minimum Gasteiger partial charge on any atom is -0.482 e. The first kappa shape index (κ1) is 20.3. The first-order valence-electron chi connectivity index (χ1n) is 8.16. The van der Waals surface area contributed by atoms with Crippen molar-refractivity contribution in [1.29, 1.82) is 0 Å². The number of esters is 1. The molecule has 2 aromatic rings. The van der Waals surface area contributed by atoms with Crippen molar-refractivity contribution in [3.8, 4) is 5.75 Å². The summed E-state index contributed by atoms with van der Waals surface area (Å²) in [5.41, 5.74) is -0.582. The number of ether oxygens (including phenoxy) is 2. The quantitative estimate of drug-likeness (QED) is 0.727. The van der Waals surface area contributed by atoms with E-state index in [1.807, 2.05) is 6.92 Å². The van der Waals surface area contributed by atoms with Crippen LogP contribution in [0.4, 0.5) is 18.9 Å². The van der Waals surface area contributed by atoms with Crippen LogP contribution in [0.2, 0.25) is 0 Å². The van der Waals surface area contributed by atoms with Crippen LogP contribution in [0.3, 0.4) is 0 Å². The Balaban J connectivity index is 1.95. The summed E-state index contributed by atoms with van der Waals surface area (Å²) in [4.78, 5) is 23.5. The van der Waals surface area contributed by atoms with Crippen LogP contribution in [0.25, 0.3) is 0 Å². The lowest BCUT2D eigenvalue weighted by Gasteiger charge is -2.10. The summed E-state index contributed by atoms with van der Waals surface area (Å²) in [6.07, 6.45) is -3.78. The molecule has 0 aliphatic carbocycles. The van der Waals surface area contributed by atoms with Gasteiger partial charge in [-0.3, -0.25) is 4.79 Å². The van der Waals surface area contributed by atoms with Crippen LogP contribution in [0.1, 0.15) is 29.3 Å². The third-order valence-corrected chi connectivity index (χ3v) is 3.39. The van der Waals surface area contributed by atoms with Crippen LogP contribution in [-0.2, 0) is 15.7 Å². The van der Waals surface area contributed by atoms with Crippen LogP contribution >= 0.6 is 0 Å². The molecule has 1 N–H and O–H groups in total. The molecule has 0 saturated carbocycles. The van der Waals surface area contributed by atoms with Gasteiger partial charge >= 0.3 is 12.1 Å². The van der Waals surface area contributed by atoms with Gasteiger partial charge in [-0.1, -0.05) is 13.0 Å². The van der Waals surface area contributed by atoms with Crippen LogP contribution < -0.4 is 10.1 Å². The molecule has 0 atom stereocenters. The number of amides is 1. The predicted octanol–water partition coefficient (Wildman–Crippen LogP) is 4.29. The monoisotopic (exact) mass is 381 g/mol. The van der Waals surface area contributed by atoms with Gasteiger partial charge in [-0.2, -0.15) is 13.2 Å². The molecule has 8 heteroatoms. The Morgan fingerprint density at radius 1 is 1.07 bits per heavy atom. The minimum atomic E-state index is -4.49. The lowest BCUT2D eigenvalue weighted by molar-refractivity contribution is -0.146. The molecule has 0 aliphatic heterocycles. The number of carbonyl (C=O) groups excluding carboxylic acids is 2. The van der Waals surface area contributed by atoms with E-state index in [1.54, 1.807) is 0 Å². The third-order valence-electron chi connectivity index (χ3n) is 3.39. The van der Waals surface area contributed by atoms with E-state index >= 15 is 0 Å². The fourth-order valence-electron chi connectivity index (χ4n) is 2.08. The molecule has 0 saturated heterocycles. The molecular weight excluding hydrogens is 363 g/mol. The molecule has 1 amide bonds. The molecule has 2 rings (SSSR count). The zero-order chi connectivity index (χ0) is 19.9. The second-order valence-corrected chi connectivity index (χ2v) is 5.57. The number of nitrogens with one attached hydrogen (secondary N) is 1. The highest BCUT2D eigenvalue weighted by Gasteiger charge is 2.30. The van der Waals surface area contributed by atoms with Crippen molar-refractivity contribution in [2.75, 3.05) is 18.5 Å². The van der Waals surface area contributed by atoms with Gasteiger partial charge in [0, 0.05) is 11.3 Å². The van der Waals surface area contributed by atoms with E-state index in [-0.39, 0.29) is 17.9 Å². The largest absolute Gasteiger partial charge is 0.482 e. The maximum Gasteiger partial charge on any atom is 0.416 e. The number of halogens is 3. The third kappa shape index (κ3) is 6.32. The van der Waals surface area contributed by atoms with E-state index in [9.17, 15) is 22.8 Å². The van der Waals surface area contributed by atoms with Crippen LogP contribution in [0.15, 0.2) is 48.5 Å². The zero-order valence-electron chi connectivity index (χ0n) is 14.5. The number of rotatable bonds is 7. The van der Waals surface area contributed by atoms with Crippen molar-refractivity contribution in [3.63, 3.8) is 0 Å². The van der Waals surface area contributed by atoms with Crippen LogP contribution in [0, 0.1) is 0 Å². The van der Waals surface area contributed by atoms with Gasteiger partial charge in [-0.25, -0.2) is 4.79 Å². The van der Waals surface area contributed by atoms with E-state index in [0.29, 0.717) is 18.8 Å². The van der Waals surface area contributed by atoms with Crippen molar-refractivity contribution in [3.05, 3.63) is 59.7 Å². The highest BCUT2D eigenvalue weighted by molar-refractivity contribution is 6.04. The molecule has 0 aromatic heterocycles. The first-order chi connectivity index (χ1) is 12.8. The van der Waals surface area contributed by atoms with Gasteiger partial charge in [0.25, 0.3) is 5.91 Å². The molecule has 0 heterocycles. The number of hydrogen-bond acceptors (Lipinski definition) is 4. The SMILES string of the molecule is CCCOC(=O)COc1ccc(C(=O)Nc2cccc(C(F)(F)F)c2)cc1. The molecule has 0 radical (unpaired) electrons. The van der Waals surface area contributed by atoms with E-state index in [4.69, 9.17) is 9.47 Å². The predicted molar refractivity (Wildman–Crippen MR) is 92.6 cm³/mol. The summed E-state index contributed by atoms with van der Waals surface area (Å²) in [5, 5.41) is 2.41. The molecule has 0 spiro atoms. The Morgan fingerprint density at radius 3 is 2.41 bits per heavy atom. The maximum absolute atomic E-state index is 12.7. The summed E-state index contributed by atoms with van der Waals surface area (Å²) >= 11 is 0. The van der Waals surface area contributed by atoms with E-state index in [0.717, 1.165) is 12.1 Å². The van der Waals surface area contributed by atoms with Gasteiger partial charge in [0.15, 0.2) is 6.61 Å². The van der Waals surface area contributed by atoms with Gasteiger partial charge in [0.05, 0.1) is 12.2 Å². The summed E-state index contributed by atoms with van der Waals surface area (Å²) in [7, 11) is 0. The number of hydrogen-bond donors (Lipinski definition) is 1. The standard InChI is InChI=1S/C19H18F3NO4/c1-2-10-26-17(24)12-27-16-8-6-13(7-9-16)18(25)23-15-5-3-4-14(11-15)19(20,21)22/h3-9,11H,2,10,12H2,1H3,(H,23,25). The molecule has 5 nitrogen and oxygen atoms in total. The summed E-state index contributed by atoms with van der Waals surface area (Å²) in [6.45, 7) is 1.93. The lowest BCUT2D eigenvalue weighted by atomic mass is 10.1. The minimum absolute atomic E-state index is 0.0359. The fourth-order valence-corrected chi connectivity index (χ4v) is 2.08. The zero-order valence-corrected chi connectivity index (χ0v) is 14.5. The van der Waals surface area contributed by atoms with E-state index in [1.165, 1.54) is 36.4 Å². The summed E-state index contributed by atoms with van der Waals surface area (Å²) in [6, 6.07) is 10.2. The smallest absolute Gasteiger partial charge is 0.416 e. The van der Waals surface area contributed by atoms with Gasteiger partial charge in [-0.05, 0) is 48.9 Å². The normalized spacial score (nSPS) is 11.0. The molecule has 144 valence electrons. The van der Waals surface area contributed by atoms with Crippen molar-refractivity contribution in [1.82, 2.24) is 0 Å². The molecule has 27 heavy (non-hydrogen) atoms. The Labute approximate surface area is 154 Å². The molecule has 0 fully saturated rings. The maximum atomic E-state index is 12.7. The number of carbonyl (C=O) groups is 2. The second kappa shape index (κ2) is 9.07. The number of benzene rings is 2. The molecular formula is C19H18F3NO4. The Hall–Kier alpha value is -3.03. The topological polar surface area (TPSA) is 64.6 Å². The average Bonchev–Trinajstić information content (AvgIpc) is 2.64. The highest BCUT2D eigenvalue weighted by Crippen LogP contribution is 2.30. The Morgan fingerprint density at radius 2 is 1.78 bits per heavy atom. The first-order valence-corrected chi connectivity index (χ1v) is 8.16. The summed E-state index contributed by atoms with van der Waals surface area (Å²) in [5.74, 6) is -0.703.